The lowest BCUT2D eigenvalue weighted by Gasteiger charge is -2.34. The van der Waals surface area contributed by atoms with E-state index >= 15 is 0 Å². The summed E-state index contributed by atoms with van der Waals surface area (Å²) in [6.45, 7) is 1.05. The number of halogens is 4. The number of aryl methyl sites for hydroxylation is 2. The van der Waals surface area contributed by atoms with Gasteiger partial charge in [-0.3, -0.25) is 9.48 Å². The minimum atomic E-state index is -4.78. The Morgan fingerprint density at radius 1 is 1.31 bits per heavy atom. The van der Waals surface area contributed by atoms with Crippen molar-refractivity contribution in [2.75, 3.05) is 18.4 Å². The van der Waals surface area contributed by atoms with Crippen LogP contribution in [0.25, 0.3) is 10.6 Å². The summed E-state index contributed by atoms with van der Waals surface area (Å²) in [4.78, 5) is 19.7. The van der Waals surface area contributed by atoms with Crippen molar-refractivity contribution in [1.82, 2.24) is 24.1 Å². The Morgan fingerprint density at radius 2 is 2.03 bits per heavy atom. The molecule has 4 rings (SSSR count). The van der Waals surface area contributed by atoms with Crippen molar-refractivity contribution in [2.24, 2.45) is 12.8 Å². The van der Waals surface area contributed by atoms with Crippen LogP contribution >= 0.6 is 11.3 Å². The van der Waals surface area contributed by atoms with Crippen LogP contribution in [-0.2, 0) is 23.2 Å². The van der Waals surface area contributed by atoms with Gasteiger partial charge in [0.2, 0.25) is 21.9 Å². The maximum Gasteiger partial charge on any atom is 0.420 e. The van der Waals surface area contributed by atoms with Crippen molar-refractivity contribution in [2.45, 2.75) is 36.6 Å². The first-order valence-electron chi connectivity index (χ1n) is 10.5. The number of sulfonamides is 1. The van der Waals surface area contributed by atoms with E-state index < -0.39 is 52.1 Å². The van der Waals surface area contributed by atoms with Gasteiger partial charge in [0.05, 0.1) is 28.4 Å². The largest absolute Gasteiger partial charge is 0.420 e. The highest BCUT2D eigenvalue weighted by Crippen LogP contribution is 2.39. The van der Waals surface area contributed by atoms with Crippen molar-refractivity contribution >= 4 is 33.2 Å². The lowest BCUT2D eigenvalue weighted by atomic mass is 10.1. The number of alkyl halides is 4. The number of thiophene rings is 1. The van der Waals surface area contributed by atoms with Gasteiger partial charge in [0.15, 0.2) is 0 Å². The molecule has 16 heteroatoms. The normalized spacial score (nSPS) is 19.4. The predicted octanol–water partition coefficient (Wildman–Crippen LogP) is 2.58. The van der Waals surface area contributed by atoms with E-state index in [4.69, 9.17) is 5.73 Å². The van der Waals surface area contributed by atoms with Gasteiger partial charge in [0, 0.05) is 37.4 Å². The summed E-state index contributed by atoms with van der Waals surface area (Å²) in [6.07, 6.45) is -3.40. The second kappa shape index (κ2) is 9.40. The van der Waals surface area contributed by atoms with Crippen LogP contribution in [0, 0.1) is 6.92 Å². The highest BCUT2D eigenvalue weighted by atomic mass is 32.2. The molecule has 1 aliphatic heterocycles. The van der Waals surface area contributed by atoms with Crippen LogP contribution in [0.5, 0.6) is 0 Å². The smallest absolute Gasteiger partial charge is 0.366 e. The van der Waals surface area contributed by atoms with Gasteiger partial charge in [0.25, 0.3) is 0 Å². The molecule has 194 valence electrons. The molecule has 0 saturated carbocycles. The molecule has 10 nitrogen and oxygen atoms in total. The maximum atomic E-state index is 15.0. The van der Waals surface area contributed by atoms with E-state index in [2.05, 4.69) is 20.4 Å². The van der Waals surface area contributed by atoms with Gasteiger partial charge in [-0.15, -0.1) is 11.3 Å². The first kappa shape index (κ1) is 26.0. The molecule has 2 atom stereocenters. The Bertz CT molecular complexity index is 1400. The predicted molar refractivity (Wildman–Crippen MR) is 122 cm³/mol. The Kier molecular flexibility index (Phi) is 6.78. The quantitative estimate of drug-likeness (QED) is 0.453. The number of hydrogen-bond acceptors (Lipinski definition) is 8. The number of nitrogens with two attached hydrogens (primary N) is 1. The van der Waals surface area contributed by atoms with E-state index in [0.29, 0.717) is 11.1 Å². The topological polar surface area (TPSA) is 136 Å². The number of primary amides is 1. The number of nitrogens with zero attached hydrogens (tertiary/aromatic N) is 5. The maximum absolute atomic E-state index is 15.0. The van der Waals surface area contributed by atoms with Crippen LogP contribution in [0.15, 0.2) is 29.6 Å². The zero-order chi connectivity index (χ0) is 26.4. The third kappa shape index (κ3) is 5.05. The molecule has 0 spiro atoms. The molecular formula is C20H21F4N7O3S2. The summed E-state index contributed by atoms with van der Waals surface area (Å²) < 4.78 is 83.7. The first-order valence-corrected chi connectivity index (χ1v) is 12.8. The molecule has 36 heavy (non-hydrogen) atoms. The summed E-state index contributed by atoms with van der Waals surface area (Å²) in [5.41, 5.74) is 3.75. The zero-order valence-corrected chi connectivity index (χ0v) is 20.6. The number of hydrogen-bond donors (Lipinski definition) is 2. The summed E-state index contributed by atoms with van der Waals surface area (Å²) in [5.74, 6) is -1.05. The van der Waals surface area contributed by atoms with Gasteiger partial charge in [-0.1, -0.05) is 0 Å². The van der Waals surface area contributed by atoms with Crippen LogP contribution in [0.3, 0.4) is 0 Å². The molecule has 0 radical (unpaired) electrons. The van der Waals surface area contributed by atoms with E-state index in [-0.39, 0.29) is 34.2 Å². The highest BCUT2D eigenvalue weighted by molar-refractivity contribution is 7.89. The van der Waals surface area contributed by atoms with Crippen molar-refractivity contribution in [3.05, 3.63) is 40.7 Å². The van der Waals surface area contributed by atoms with Crippen molar-refractivity contribution in [3.8, 4) is 10.6 Å². The van der Waals surface area contributed by atoms with Crippen LogP contribution in [0.1, 0.15) is 27.2 Å². The van der Waals surface area contributed by atoms with Gasteiger partial charge < -0.3 is 11.1 Å². The number of carbonyl (C=O) groups is 1. The number of anilines is 1. The fourth-order valence-corrected chi connectivity index (χ4v) is 6.27. The molecule has 0 unspecified atom stereocenters. The second-order valence-electron chi connectivity index (χ2n) is 8.17. The van der Waals surface area contributed by atoms with Crippen LogP contribution in [-0.4, -0.2) is 63.7 Å². The highest BCUT2D eigenvalue weighted by Gasteiger charge is 2.38. The SMILES string of the molecule is Cc1sc(-c2nc(N[C@H]3CCN(S(=O)(=O)c4cnn(C)c4)C[C@H]3F)ncc2C(F)(F)F)cc1C(N)=O. The molecule has 3 aromatic heterocycles. The Morgan fingerprint density at radius 3 is 2.58 bits per heavy atom. The molecule has 1 amide bonds. The Balaban J connectivity index is 1.57. The van der Waals surface area contributed by atoms with E-state index in [0.717, 1.165) is 15.6 Å². The zero-order valence-electron chi connectivity index (χ0n) is 19.0. The Labute approximate surface area is 207 Å². The van der Waals surface area contributed by atoms with E-state index in [1.807, 2.05) is 0 Å². The minimum absolute atomic E-state index is 0.0182. The number of aromatic nitrogens is 4. The monoisotopic (exact) mass is 547 g/mol. The van der Waals surface area contributed by atoms with Crippen molar-refractivity contribution in [1.29, 1.82) is 0 Å². The van der Waals surface area contributed by atoms with Gasteiger partial charge in [-0.05, 0) is 19.4 Å². The lowest BCUT2D eigenvalue weighted by molar-refractivity contribution is -0.137. The van der Waals surface area contributed by atoms with Crippen LogP contribution < -0.4 is 11.1 Å². The van der Waals surface area contributed by atoms with Crippen molar-refractivity contribution < 1.29 is 30.8 Å². The molecule has 3 N–H and O–H groups in total. The average molecular weight is 548 g/mol. The number of nitrogens with one attached hydrogen (secondary N) is 1. The standard InChI is InChI=1S/C20H21F4N7O3S2/c1-10-12(18(25)32)5-16(35-10)17-13(20(22,23)24)7-26-19(29-17)28-15-3-4-31(9-14(15)21)36(33,34)11-6-27-30(2)8-11/h5-8,14-15H,3-4,9H2,1-2H3,(H2,25,32)(H,26,28,29)/t14-,15+/m1/s1. The summed E-state index contributed by atoms with van der Waals surface area (Å²) in [5, 5.41) is 6.51. The molecular weight excluding hydrogens is 526 g/mol. The minimum Gasteiger partial charge on any atom is -0.366 e. The third-order valence-electron chi connectivity index (χ3n) is 5.65. The number of piperidine rings is 1. The molecule has 3 aromatic rings. The lowest BCUT2D eigenvalue weighted by Crippen LogP contribution is -2.50. The molecule has 1 fully saturated rings. The van der Waals surface area contributed by atoms with Crippen LogP contribution in [0.4, 0.5) is 23.5 Å². The second-order valence-corrected chi connectivity index (χ2v) is 11.4. The number of rotatable bonds is 6. The molecule has 0 bridgehead atoms. The summed E-state index contributed by atoms with van der Waals surface area (Å²) in [7, 11) is -2.40. The number of amides is 1. The summed E-state index contributed by atoms with van der Waals surface area (Å²) in [6, 6.07) is 0.282. The van der Waals surface area contributed by atoms with Gasteiger partial charge >= 0.3 is 6.18 Å². The average Bonchev–Trinajstić information content (AvgIpc) is 3.40. The van der Waals surface area contributed by atoms with Crippen molar-refractivity contribution in [3.63, 3.8) is 0 Å². The number of carbonyl (C=O) groups excluding carboxylic acids is 1. The third-order valence-corrected chi connectivity index (χ3v) is 8.52. The van der Waals surface area contributed by atoms with Gasteiger partial charge in [-0.25, -0.2) is 22.8 Å². The molecule has 0 aliphatic carbocycles. The molecule has 0 aromatic carbocycles. The van der Waals surface area contributed by atoms with E-state index in [9.17, 15) is 30.8 Å². The molecule has 1 saturated heterocycles. The Hall–Kier alpha value is -3.11. The molecule has 4 heterocycles. The fraction of sp³-hybridized carbons (Fsp3) is 0.400. The van der Waals surface area contributed by atoms with Crippen LogP contribution in [0.2, 0.25) is 0 Å². The fourth-order valence-electron chi connectivity index (χ4n) is 3.79. The van der Waals surface area contributed by atoms with E-state index in [1.54, 1.807) is 14.0 Å². The molecule has 1 aliphatic rings. The first-order chi connectivity index (χ1) is 16.8. The van der Waals surface area contributed by atoms with E-state index in [1.165, 1.54) is 23.1 Å². The van der Waals surface area contributed by atoms with Gasteiger partial charge in [-0.2, -0.15) is 22.6 Å². The van der Waals surface area contributed by atoms with Gasteiger partial charge in [0.1, 0.15) is 16.6 Å². The summed E-state index contributed by atoms with van der Waals surface area (Å²) >= 11 is 0.911.